The van der Waals surface area contributed by atoms with Gasteiger partial charge in [-0.05, 0) is 50.2 Å². The lowest BCUT2D eigenvalue weighted by atomic mass is 10.2. The third-order valence-corrected chi connectivity index (χ3v) is 2.83. The second kappa shape index (κ2) is 6.77. The van der Waals surface area contributed by atoms with Gasteiger partial charge in [-0.2, -0.15) is 0 Å². The first-order valence-electron chi connectivity index (χ1n) is 6.59. The highest BCUT2D eigenvalue weighted by Gasteiger charge is 2.04. The van der Waals surface area contributed by atoms with E-state index < -0.39 is 0 Å². The van der Waals surface area contributed by atoms with Crippen molar-refractivity contribution >= 4 is 11.6 Å². The SMILES string of the molecule is Cc1ccnc(-c2ccc(NC(=O)CCCN)cc2)n1. The zero-order valence-corrected chi connectivity index (χ0v) is 11.5. The van der Waals surface area contributed by atoms with Crippen LogP contribution in [0.4, 0.5) is 5.69 Å². The molecule has 20 heavy (non-hydrogen) atoms. The van der Waals surface area contributed by atoms with Gasteiger partial charge >= 0.3 is 0 Å². The number of nitrogens with one attached hydrogen (secondary N) is 1. The van der Waals surface area contributed by atoms with Crippen molar-refractivity contribution in [3.05, 3.63) is 42.2 Å². The molecule has 0 aliphatic rings. The fourth-order valence-electron chi connectivity index (χ4n) is 1.78. The van der Waals surface area contributed by atoms with E-state index in [0.29, 0.717) is 25.2 Å². The second-order valence-electron chi connectivity index (χ2n) is 4.54. The highest BCUT2D eigenvalue weighted by molar-refractivity contribution is 5.90. The summed E-state index contributed by atoms with van der Waals surface area (Å²) in [6.45, 7) is 2.45. The first-order valence-corrected chi connectivity index (χ1v) is 6.59. The van der Waals surface area contributed by atoms with Crippen molar-refractivity contribution in [2.75, 3.05) is 11.9 Å². The maximum absolute atomic E-state index is 11.6. The Morgan fingerprint density at radius 1 is 1.25 bits per heavy atom. The predicted molar refractivity (Wildman–Crippen MR) is 79.1 cm³/mol. The number of benzene rings is 1. The van der Waals surface area contributed by atoms with E-state index in [1.165, 1.54) is 0 Å². The lowest BCUT2D eigenvalue weighted by Gasteiger charge is -2.06. The Balaban J connectivity index is 2.05. The summed E-state index contributed by atoms with van der Waals surface area (Å²) < 4.78 is 0. The molecular weight excluding hydrogens is 252 g/mol. The molecule has 3 N–H and O–H groups in total. The maximum Gasteiger partial charge on any atom is 0.224 e. The van der Waals surface area contributed by atoms with Crippen LogP contribution in [0, 0.1) is 6.92 Å². The number of amides is 1. The number of rotatable bonds is 5. The number of carbonyl (C=O) groups is 1. The van der Waals surface area contributed by atoms with Gasteiger partial charge in [0.25, 0.3) is 0 Å². The Bertz CT molecular complexity index is 581. The molecule has 0 fully saturated rings. The number of hydrogen-bond acceptors (Lipinski definition) is 4. The molecule has 0 spiro atoms. The molecule has 0 aliphatic carbocycles. The van der Waals surface area contributed by atoms with Crippen LogP contribution in [0.25, 0.3) is 11.4 Å². The minimum Gasteiger partial charge on any atom is -0.330 e. The summed E-state index contributed by atoms with van der Waals surface area (Å²) in [6, 6.07) is 9.35. The first kappa shape index (κ1) is 14.1. The largest absolute Gasteiger partial charge is 0.330 e. The van der Waals surface area contributed by atoms with E-state index in [1.807, 2.05) is 37.3 Å². The highest BCUT2D eigenvalue weighted by atomic mass is 16.1. The van der Waals surface area contributed by atoms with Crippen molar-refractivity contribution in [3.63, 3.8) is 0 Å². The topological polar surface area (TPSA) is 80.9 Å². The maximum atomic E-state index is 11.6. The summed E-state index contributed by atoms with van der Waals surface area (Å²) in [4.78, 5) is 20.2. The van der Waals surface area contributed by atoms with E-state index in [0.717, 1.165) is 16.9 Å². The Kier molecular flexibility index (Phi) is 4.79. The number of nitrogens with two attached hydrogens (primary N) is 1. The summed E-state index contributed by atoms with van der Waals surface area (Å²) in [7, 11) is 0. The Hall–Kier alpha value is -2.27. The van der Waals surface area contributed by atoms with Crippen molar-refractivity contribution in [2.45, 2.75) is 19.8 Å². The number of aryl methyl sites for hydroxylation is 1. The molecule has 0 saturated heterocycles. The van der Waals surface area contributed by atoms with Gasteiger partial charge in [-0.3, -0.25) is 4.79 Å². The molecule has 1 heterocycles. The molecule has 104 valence electrons. The van der Waals surface area contributed by atoms with Gasteiger partial charge in [-0.1, -0.05) is 0 Å². The molecule has 1 amide bonds. The third kappa shape index (κ3) is 3.86. The van der Waals surface area contributed by atoms with E-state index in [4.69, 9.17) is 5.73 Å². The van der Waals surface area contributed by atoms with Crippen LogP contribution in [0.3, 0.4) is 0 Å². The fraction of sp³-hybridized carbons (Fsp3) is 0.267. The number of hydrogen-bond donors (Lipinski definition) is 2. The summed E-state index contributed by atoms with van der Waals surface area (Å²) >= 11 is 0. The number of aromatic nitrogens is 2. The lowest BCUT2D eigenvalue weighted by Crippen LogP contribution is -2.13. The van der Waals surface area contributed by atoms with Gasteiger partial charge in [0.2, 0.25) is 5.91 Å². The van der Waals surface area contributed by atoms with E-state index in [1.54, 1.807) is 6.20 Å². The molecule has 1 aromatic carbocycles. The van der Waals surface area contributed by atoms with E-state index in [-0.39, 0.29) is 5.91 Å². The summed E-state index contributed by atoms with van der Waals surface area (Å²) in [5.74, 6) is 0.668. The molecule has 5 nitrogen and oxygen atoms in total. The molecule has 2 aromatic rings. The van der Waals surface area contributed by atoms with E-state index in [9.17, 15) is 4.79 Å². The summed E-state index contributed by atoms with van der Waals surface area (Å²) in [5.41, 5.74) is 7.99. The minimum atomic E-state index is -0.0185. The van der Waals surface area contributed by atoms with Crippen molar-refractivity contribution < 1.29 is 4.79 Å². The molecule has 5 heteroatoms. The van der Waals surface area contributed by atoms with Crippen LogP contribution >= 0.6 is 0 Å². The van der Waals surface area contributed by atoms with Crippen molar-refractivity contribution in [1.29, 1.82) is 0 Å². The van der Waals surface area contributed by atoms with Crippen molar-refractivity contribution in [2.24, 2.45) is 5.73 Å². The minimum absolute atomic E-state index is 0.0185. The smallest absolute Gasteiger partial charge is 0.224 e. The van der Waals surface area contributed by atoms with Crippen LogP contribution in [0.15, 0.2) is 36.5 Å². The zero-order valence-electron chi connectivity index (χ0n) is 11.5. The third-order valence-electron chi connectivity index (χ3n) is 2.83. The van der Waals surface area contributed by atoms with Gasteiger partial charge in [0.05, 0.1) is 0 Å². The van der Waals surface area contributed by atoms with Crippen LogP contribution in [0.2, 0.25) is 0 Å². The van der Waals surface area contributed by atoms with Gasteiger partial charge in [0.15, 0.2) is 5.82 Å². The van der Waals surface area contributed by atoms with Gasteiger partial charge in [0.1, 0.15) is 0 Å². The quantitative estimate of drug-likeness (QED) is 0.872. The Morgan fingerprint density at radius 3 is 2.65 bits per heavy atom. The van der Waals surface area contributed by atoms with Crippen LogP contribution in [-0.2, 0) is 4.79 Å². The highest BCUT2D eigenvalue weighted by Crippen LogP contribution is 2.18. The van der Waals surface area contributed by atoms with Gasteiger partial charge in [0, 0.05) is 29.6 Å². The van der Waals surface area contributed by atoms with Crippen LogP contribution in [0.5, 0.6) is 0 Å². The zero-order chi connectivity index (χ0) is 14.4. The Labute approximate surface area is 118 Å². The predicted octanol–water partition coefficient (Wildman–Crippen LogP) is 2.13. The number of anilines is 1. The first-order chi connectivity index (χ1) is 9.69. The van der Waals surface area contributed by atoms with E-state index >= 15 is 0 Å². The molecule has 0 saturated carbocycles. The number of nitrogens with zero attached hydrogens (tertiary/aromatic N) is 2. The van der Waals surface area contributed by atoms with E-state index in [2.05, 4.69) is 15.3 Å². The summed E-state index contributed by atoms with van der Waals surface area (Å²) in [6.07, 6.45) is 2.88. The molecule has 0 atom stereocenters. The lowest BCUT2D eigenvalue weighted by molar-refractivity contribution is -0.116. The standard InChI is InChI=1S/C15H18N4O/c1-11-8-10-17-15(18-11)12-4-6-13(7-5-12)19-14(20)3-2-9-16/h4-8,10H,2-3,9,16H2,1H3,(H,19,20). The molecule has 0 aliphatic heterocycles. The van der Waals surface area contributed by atoms with Crippen LogP contribution in [-0.4, -0.2) is 22.4 Å². The van der Waals surface area contributed by atoms with Crippen LogP contribution < -0.4 is 11.1 Å². The molecule has 0 unspecified atom stereocenters. The molecule has 0 radical (unpaired) electrons. The average Bonchev–Trinajstić information content (AvgIpc) is 2.46. The molecular formula is C15H18N4O. The van der Waals surface area contributed by atoms with Gasteiger partial charge < -0.3 is 11.1 Å². The molecule has 0 bridgehead atoms. The van der Waals surface area contributed by atoms with Crippen molar-refractivity contribution in [3.8, 4) is 11.4 Å². The number of carbonyl (C=O) groups excluding carboxylic acids is 1. The fourth-order valence-corrected chi connectivity index (χ4v) is 1.78. The molecule has 1 aromatic heterocycles. The second-order valence-corrected chi connectivity index (χ2v) is 4.54. The monoisotopic (exact) mass is 270 g/mol. The van der Waals surface area contributed by atoms with Gasteiger partial charge in [-0.25, -0.2) is 9.97 Å². The van der Waals surface area contributed by atoms with Crippen molar-refractivity contribution in [1.82, 2.24) is 9.97 Å². The Morgan fingerprint density at radius 2 is 2.00 bits per heavy atom. The molecule has 2 rings (SSSR count). The normalized spacial score (nSPS) is 10.3. The van der Waals surface area contributed by atoms with Gasteiger partial charge in [-0.15, -0.1) is 0 Å². The van der Waals surface area contributed by atoms with Crippen LogP contribution in [0.1, 0.15) is 18.5 Å². The summed E-state index contributed by atoms with van der Waals surface area (Å²) in [5, 5.41) is 2.83. The average molecular weight is 270 g/mol.